The number of halogens is 1. The van der Waals surface area contributed by atoms with Gasteiger partial charge < -0.3 is 5.32 Å². The lowest BCUT2D eigenvalue weighted by molar-refractivity contribution is 0.567. The van der Waals surface area contributed by atoms with Crippen LogP contribution in [0.15, 0.2) is 63.9 Å². The first kappa shape index (κ1) is 15.9. The number of aromatic amines is 1. The Morgan fingerprint density at radius 1 is 1.07 bits per heavy atom. The minimum absolute atomic E-state index is 0.320. The number of anilines is 2. The van der Waals surface area contributed by atoms with Crippen molar-refractivity contribution in [3.8, 4) is 11.3 Å². The molecule has 0 radical (unpaired) electrons. The Balaban J connectivity index is 1.84. The van der Waals surface area contributed by atoms with Gasteiger partial charge in [-0.1, -0.05) is 63.5 Å². The van der Waals surface area contributed by atoms with Crippen molar-refractivity contribution < 1.29 is 0 Å². The number of hydrogen-bond acceptors (Lipinski definition) is 6. The van der Waals surface area contributed by atoms with Crippen molar-refractivity contribution in [3.05, 3.63) is 80.6 Å². The van der Waals surface area contributed by atoms with Gasteiger partial charge in [-0.05, 0) is 28.1 Å². The molecule has 0 aliphatic carbocycles. The number of H-pyrrole nitrogens is 1. The van der Waals surface area contributed by atoms with Crippen molar-refractivity contribution in [3.63, 3.8) is 0 Å². The summed E-state index contributed by atoms with van der Waals surface area (Å²) in [4.78, 5) is 12.6. The number of tetrazole rings is 1. The molecular weight excluding hydrogens is 410 g/mol. The summed E-state index contributed by atoms with van der Waals surface area (Å²) in [6, 6.07) is 17.2. The molecule has 1 atom stereocenters. The Hall–Kier alpha value is -3.33. The molecule has 8 nitrogen and oxygen atoms in total. The highest BCUT2D eigenvalue weighted by molar-refractivity contribution is 9.10. The van der Waals surface area contributed by atoms with Crippen LogP contribution in [0, 0.1) is 0 Å². The average Bonchev–Trinajstić information content (AvgIpc) is 3.16. The number of hydrogen-bond donors (Lipinski definition) is 2. The topological polar surface area (TPSA) is 101 Å². The highest BCUT2D eigenvalue weighted by atomic mass is 79.9. The molecule has 3 heterocycles. The van der Waals surface area contributed by atoms with Crippen LogP contribution in [0.1, 0.15) is 17.2 Å². The Labute approximate surface area is 161 Å². The van der Waals surface area contributed by atoms with E-state index in [1.807, 2.05) is 54.6 Å². The number of nitrogens with one attached hydrogen (secondary N) is 2. The Kier molecular flexibility index (Phi) is 3.61. The summed E-state index contributed by atoms with van der Waals surface area (Å²) >= 11 is 3.52. The van der Waals surface area contributed by atoms with E-state index in [1.165, 1.54) is 0 Å². The minimum Gasteiger partial charge on any atom is -0.318 e. The van der Waals surface area contributed by atoms with Crippen molar-refractivity contribution in [1.82, 2.24) is 30.4 Å². The molecule has 0 saturated carbocycles. The number of aromatic nitrogens is 6. The van der Waals surface area contributed by atoms with Gasteiger partial charge in [0.05, 0.1) is 5.69 Å². The van der Waals surface area contributed by atoms with Gasteiger partial charge in [0.25, 0.3) is 5.56 Å². The van der Waals surface area contributed by atoms with Crippen molar-refractivity contribution in [2.24, 2.45) is 0 Å². The van der Waals surface area contributed by atoms with Crippen LogP contribution in [0.2, 0.25) is 0 Å². The lowest BCUT2D eigenvalue weighted by atomic mass is 9.92. The molecule has 0 saturated heterocycles. The van der Waals surface area contributed by atoms with Crippen LogP contribution in [-0.4, -0.2) is 30.4 Å². The molecule has 0 bridgehead atoms. The van der Waals surface area contributed by atoms with E-state index in [0.717, 1.165) is 21.2 Å². The lowest BCUT2D eigenvalue weighted by Gasteiger charge is -2.27. The second-order valence-electron chi connectivity index (χ2n) is 6.09. The third kappa shape index (κ3) is 2.55. The van der Waals surface area contributed by atoms with Crippen LogP contribution < -0.4 is 10.9 Å². The third-order valence-electron chi connectivity index (χ3n) is 4.48. The second kappa shape index (κ2) is 6.13. The fraction of sp³-hybridized carbons (Fsp3) is 0.0556. The Bertz CT molecular complexity index is 1200. The van der Waals surface area contributed by atoms with Gasteiger partial charge in [-0.25, -0.2) is 5.10 Å². The zero-order valence-electron chi connectivity index (χ0n) is 13.8. The van der Waals surface area contributed by atoms with Crippen LogP contribution in [0.5, 0.6) is 0 Å². The van der Waals surface area contributed by atoms with E-state index in [1.54, 1.807) is 4.68 Å². The van der Waals surface area contributed by atoms with Gasteiger partial charge in [-0.2, -0.15) is 9.78 Å². The Morgan fingerprint density at radius 2 is 1.93 bits per heavy atom. The smallest absolute Gasteiger partial charge is 0.288 e. The van der Waals surface area contributed by atoms with Crippen molar-refractivity contribution in [2.45, 2.75) is 6.04 Å². The Morgan fingerprint density at radius 3 is 2.74 bits per heavy atom. The van der Waals surface area contributed by atoms with Crippen LogP contribution in [0.4, 0.5) is 11.6 Å². The second-order valence-corrected chi connectivity index (χ2v) is 7.00. The maximum Gasteiger partial charge on any atom is 0.288 e. The molecule has 1 aliphatic heterocycles. The molecule has 0 spiro atoms. The number of fused-ring (bicyclic) bond motifs is 2. The van der Waals surface area contributed by atoms with Crippen LogP contribution in [0.3, 0.4) is 0 Å². The fourth-order valence-corrected chi connectivity index (χ4v) is 3.76. The summed E-state index contributed by atoms with van der Waals surface area (Å²) in [6.45, 7) is 0. The number of benzene rings is 2. The van der Waals surface area contributed by atoms with Crippen molar-refractivity contribution in [2.75, 3.05) is 5.32 Å². The van der Waals surface area contributed by atoms with Crippen LogP contribution in [0.25, 0.3) is 11.3 Å². The number of rotatable bonds is 2. The quantitative estimate of drug-likeness (QED) is 0.454. The highest BCUT2D eigenvalue weighted by Gasteiger charge is 2.34. The molecule has 4 aromatic rings. The fourth-order valence-electron chi connectivity index (χ4n) is 3.34. The molecule has 2 aromatic carbocycles. The van der Waals surface area contributed by atoms with Gasteiger partial charge in [0.15, 0.2) is 0 Å². The van der Waals surface area contributed by atoms with Gasteiger partial charge in [-0.15, -0.1) is 0 Å². The molecule has 9 heteroatoms. The molecule has 0 fully saturated rings. The van der Waals surface area contributed by atoms with Crippen LogP contribution in [-0.2, 0) is 0 Å². The third-order valence-corrected chi connectivity index (χ3v) is 4.97. The van der Waals surface area contributed by atoms with E-state index in [9.17, 15) is 4.79 Å². The van der Waals surface area contributed by atoms with E-state index < -0.39 is 6.04 Å². The lowest BCUT2D eigenvalue weighted by Crippen LogP contribution is -2.29. The van der Waals surface area contributed by atoms with Gasteiger partial charge in [0.1, 0.15) is 11.7 Å². The zero-order chi connectivity index (χ0) is 18.4. The minimum atomic E-state index is -0.395. The van der Waals surface area contributed by atoms with Gasteiger partial charge in [0, 0.05) is 15.6 Å². The summed E-state index contributed by atoms with van der Waals surface area (Å²) < 4.78 is 2.59. The molecule has 5 rings (SSSR count). The molecule has 132 valence electrons. The van der Waals surface area contributed by atoms with Gasteiger partial charge >= 0.3 is 0 Å². The summed E-state index contributed by atoms with van der Waals surface area (Å²) in [5, 5.41) is 21.9. The van der Waals surface area contributed by atoms with E-state index in [-0.39, 0.29) is 5.56 Å². The zero-order valence-corrected chi connectivity index (χ0v) is 15.4. The average molecular weight is 422 g/mol. The molecule has 1 aliphatic rings. The maximum absolute atomic E-state index is 12.6. The number of nitrogens with zero attached hydrogens (tertiary/aromatic N) is 5. The van der Waals surface area contributed by atoms with Crippen molar-refractivity contribution in [1.29, 1.82) is 0 Å². The van der Waals surface area contributed by atoms with E-state index in [0.29, 0.717) is 17.3 Å². The summed E-state index contributed by atoms with van der Waals surface area (Å²) in [6.07, 6.45) is 0. The summed E-state index contributed by atoms with van der Waals surface area (Å²) in [5.41, 5.74) is 3.30. The highest BCUT2D eigenvalue weighted by Crippen LogP contribution is 2.41. The molecular formula is C18H12BrN7O. The first-order chi connectivity index (χ1) is 13.2. The first-order valence-electron chi connectivity index (χ1n) is 8.21. The largest absolute Gasteiger partial charge is 0.318 e. The monoisotopic (exact) mass is 421 g/mol. The normalized spacial score (nSPS) is 14.9. The summed E-state index contributed by atoms with van der Waals surface area (Å²) in [5.74, 6) is 0.406. The van der Waals surface area contributed by atoms with Crippen LogP contribution >= 0.6 is 15.9 Å². The predicted octanol–water partition coefficient (Wildman–Crippen LogP) is 2.88. The molecule has 0 amide bonds. The molecule has 2 N–H and O–H groups in total. The first-order valence-corrected chi connectivity index (χ1v) is 9.00. The standard InChI is InChI=1S/C18H12BrN7O/c19-12-8-4-7-11(9-12)16-13-14(10-5-2-1-3-6-10)21-22-17(27)15(13)20-18-23-24-25-26(16)18/h1-9,16H,(H,22,27)(H,20,23,25)/t16-/m0/s1. The van der Waals surface area contributed by atoms with Crippen molar-refractivity contribution >= 4 is 27.6 Å². The molecule has 0 unspecified atom stereocenters. The van der Waals surface area contributed by atoms with Gasteiger partial charge in [-0.3, -0.25) is 4.79 Å². The van der Waals surface area contributed by atoms with E-state index >= 15 is 0 Å². The molecule has 27 heavy (non-hydrogen) atoms. The predicted molar refractivity (Wildman–Crippen MR) is 103 cm³/mol. The SMILES string of the molecule is O=c1[nH]nc(-c2ccccc2)c2c1Nc1nnnn1[C@H]2c1cccc(Br)c1. The maximum atomic E-state index is 12.6. The summed E-state index contributed by atoms with van der Waals surface area (Å²) in [7, 11) is 0. The van der Waals surface area contributed by atoms with Gasteiger partial charge in [0.2, 0.25) is 5.95 Å². The van der Waals surface area contributed by atoms with E-state index in [4.69, 9.17) is 0 Å². The molecule has 2 aromatic heterocycles. The van der Waals surface area contributed by atoms with E-state index in [2.05, 4.69) is 47.0 Å².